The summed E-state index contributed by atoms with van der Waals surface area (Å²) in [4.78, 5) is 26.9. The van der Waals surface area contributed by atoms with E-state index in [2.05, 4.69) is 5.32 Å². The predicted molar refractivity (Wildman–Crippen MR) is 104 cm³/mol. The lowest BCUT2D eigenvalue weighted by atomic mass is 10.1. The Bertz CT molecular complexity index is 811. The van der Waals surface area contributed by atoms with E-state index in [0.717, 1.165) is 11.3 Å². The van der Waals surface area contributed by atoms with Gasteiger partial charge in [-0.1, -0.05) is 40.9 Å². The molecule has 1 saturated heterocycles. The van der Waals surface area contributed by atoms with Crippen LogP contribution in [0.25, 0.3) is 0 Å². The Morgan fingerprint density at radius 3 is 2.52 bits per heavy atom. The van der Waals surface area contributed by atoms with Crippen LogP contribution in [0.1, 0.15) is 15.9 Å². The molecule has 0 radical (unpaired) electrons. The first-order valence-electron chi connectivity index (χ1n) is 7.67. The maximum Gasteiger partial charge on any atom is 0.255 e. The molecule has 130 valence electrons. The SMILES string of the molecule is Cc1ccc(NC(=O)C2CSCN2C(=O)c2ccc(Cl)c(Cl)c2)cc1. The number of carbonyl (C=O) groups is 2. The second-order valence-corrected chi connectivity index (χ2v) is 7.59. The van der Waals surface area contributed by atoms with Gasteiger partial charge in [-0.2, -0.15) is 0 Å². The number of rotatable bonds is 3. The van der Waals surface area contributed by atoms with Gasteiger partial charge in [0.15, 0.2) is 0 Å². The Morgan fingerprint density at radius 1 is 1.12 bits per heavy atom. The second-order valence-electron chi connectivity index (χ2n) is 5.77. The maximum absolute atomic E-state index is 12.8. The third-order valence-electron chi connectivity index (χ3n) is 3.93. The van der Waals surface area contributed by atoms with Crippen molar-refractivity contribution in [3.63, 3.8) is 0 Å². The first-order valence-corrected chi connectivity index (χ1v) is 9.58. The van der Waals surface area contributed by atoms with E-state index in [1.54, 1.807) is 28.8 Å². The molecule has 1 fully saturated rings. The average molecular weight is 395 g/mol. The van der Waals surface area contributed by atoms with E-state index in [1.807, 2.05) is 31.2 Å². The van der Waals surface area contributed by atoms with Crippen molar-refractivity contribution in [1.82, 2.24) is 4.90 Å². The number of aryl methyl sites for hydroxylation is 1. The van der Waals surface area contributed by atoms with Gasteiger partial charge in [0.1, 0.15) is 6.04 Å². The number of halogens is 2. The number of thioether (sulfide) groups is 1. The zero-order valence-electron chi connectivity index (χ0n) is 13.5. The number of benzene rings is 2. The van der Waals surface area contributed by atoms with E-state index in [9.17, 15) is 9.59 Å². The van der Waals surface area contributed by atoms with E-state index in [1.165, 1.54) is 6.07 Å². The standard InChI is InChI=1S/C18H16Cl2N2O2S/c1-11-2-5-13(6-3-11)21-17(23)16-9-25-10-22(16)18(24)12-4-7-14(19)15(20)8-12/h2-8,16H,9-10H2,1H3,(H,21,23). The summed E-state index contributed by atoms with van der Waals surface area (Å²) in [5.41, 5.74) is 2.25. The van der Waals surface area contributed by atoms with Crippen LogP contribution in [0.5, 0.6) is 0 Å². The molecule has 1 atom stereocenters. The number of nitrogens with zero attached hydrogens (tertiary/aromatic N) is 1. The monoisotopic (exact) mass is 394 g/mol. The molecular formula is C18H16Cl2N2O2S. The summed E-state index contributed by atoms with van der Waals surface area (Å²) in [5.74, 6) is 0.602. The molecule has 2 amide bonds. The molecule has 1 unspecified atom stereocenters. The number of amides is 2. The van der Waals surface area contributed by atoms with Crippen LogP contribution in [-0.2, 0) is 4.79 Å². The van der Waals surface area contributed by atoms with E-state index < -0.39 is 6.04 Å². The molecule has 0 bridgehead atoms. The molecule has 2 aromatic rings. The van der Waals surface area contributed by atoms with Crippen LogP contribution in [-0.4, -0.2) is 34.4 Å². The molecule has 4 nitrogen and oxygen atoms in total. The number of nitrogens with one attached hydrogen (secondary N) is 1. The van der Waals surface area contributed by atoms with Crippen LogP contribution in [0.3, 0.4) is 0 Å². The van der Waals surface area contributed by atoms with Crippen molar-refractivity contribution in [2.45, 2.75) is 13.0 Å². The lowest BCUT2D eigenvalue weighted by Crippen LogP contribution is -2.44. The zero-order chi connectivity index (χ0) is 18.0. The fourth-order valence-electron chi connectivity index (χ4n) is 2.52. The molecule has 1 N–H and O–H groups in total. The van der Waals surface area contributed by atoms with Gasteiger partial charge in [0.25, 0.3) is 5.91 Å². The smallest absolute Gasteiger partial charge is 0.255 e. The molecular weight excluding hydrogens is 379 g/mol. The quantitative estimate of drug-likeness (QED) is 0.835. The molecule has 1 aliphatic rings. The van der Waals surface area contributed by atoms with Crippen molar-refractivity contribution in [2.75, 3.05) is 16.9 Å². The normalized spacial score (nSPS) is 16.8. The molecule has 25 heavy (non-hydrogen) atoms. The molecule has 0 saturated carbocycles. The van der Waals surface area contributed by atoms with Gasteiger partial charge >= 0.3 is 0 Å². The predicted octanol–water partition coefficient (Wildman–Crippen LogP) is 4.46. The van der Waals surface area contributed by atoms with Crippen LogP contribution < -0.4 is 5.32 Å². The Kier molecular flexibility index (Phi) is 5.57. The average Bonchev–Trinajstić information content (AvgIpc) is 3.08. The highest BCUT2D eigenvalue weighted by molar-refractivity contribution is 7.99. The summed E-state index contributed by atoms with van der Waals surface area (Å²) in [5, 5.41) is 3.59. The molecule has 3 rings (SSSR count). The van der Waals surface area contributed by atoms with Crippen LogP contribution >= 0.6 is 35.0 Å². The first kappa shape index (κ1) is 18.1. The Balaban J connectivity index is 1.74. The van der Waals surface area contributed by atoms with Gasteiger partial charge in [-0.25, -0.2) is 0 Å². The Hall–Kier alpha value is -1.69. The summed E-state index contributed by atoms with van der Waals surface area (Å²) in [6, 6.07) is 11.8. The van der Waals surface area contributed by atoms with Crippen molar-refractivity contribution in [2.24, 2.45) is 0 Å². The number of hydrogen-bond donors (Lipinski definition) is 1. The summed E-state index contributed by atoms with van der Waals surface area (Å²) in [7, 11) is 0. The van der Waals surface area contributed by atoms with E-state index >= 15 is 0 Å². The maximum atomic E-state index is 12.8. The van der Waals surface area contributed by atoms with Crippen LogP contribution in [0.4, 0.5) is 5.69 Å². The minimum atomic E-state index is -0.520. The highest BCUT2D eigenvalue weighted by Gasteiger charge is 2.35. The lowest BCUT2D eigenvalue weighted by molar-refractivity contribution is -0.119. The summed E-state index contributed by atoms with van der Waals surface area (Å²) in [6.07, 6.45) is 0. The number of hydrogen-bond acceptors (Lipinski definition) is 3. The Morgan fingerprint density at radius 2 is 1.84 bits per heavy atom. The third kappa shape index (κ3) is 4.11. The molecule has 0 aliphatic carbocycles. The van der Waals surface area contributed by atoms with Crippen LogP contribution in [0.15, 0.2) is 42.5 Å². The van der Waals surface area contributed by atoms with Crippen molar-refractivity contribution in [3.8, 4) is 0 Å². The van der Waals surface area contributed by atoms with Gasteiger partial charge < -0.3 is 10.2 Å². The fraction of sp³-hybridized carbons (Fsp3) is 0.222. The van der Waals surface area contributed by atoms with Crippen LogP contribution in [0.2, 0.25) is 10.0 Å². The topological polar surface area (TPSA) is 49.4 Å². The van der Waals surface area contributed by atoms with Gasteiger partial charge in [0, 0.05) is 17.0 Å². The molecule has 0 aromatic heterocycles. The minimum Gasteiger partial charge on any atom is -0.324 e. The molecule has 2 aromatic carbocycles. The fourth-order valence-corrected chi connectivity index (χ4v) is 3.97. The molecule has 7 heteroatoms. The van der Waals surface area contributed by atoms with E-state index in [0.29, 0.717) is 27.2 Å². The van der Waals surface area contributed by atoms with Gasteiger partial charge in [0.05, 0.1) is 15.9 Å². The summed E-state index contributed by atoms with van der Waals surface area (Å²) in [6.45, 7) is 1.98. The Labute approximate surface area is 160 Å². The van der Waals surface area contributed by atoms with Gasteiger partial charge in [-0.3, -0.25) is 9.59 Å². The van der Waals surface area contributed by atoms with E-state index in [-0.39, 0.29) is 11.8 Å². The van der Waals surface area contributed by atoms with Crippen molar-refractivity contribution < 1.29 is 9.59 Å². The zero-order valence-corrected chi connectivity index (χ0v) is 15.8. The molecule has 1 heterocycles. The second kappa shape index (κ2) is 7.68. The molecule has 1 aliphatic heterocycles. The van der Waals surface area contributed by atoms with Crippen molar-refractivity contribution in [1.29, 1.82) is 0 Å². The lowest BCUT2D eigenvalue weighted by Gasteiger charge is -2.23. The summed E-state index contributed by atoms with van der Waals surface area (Å²) >= 11 is 13.4. The molecule has 0 spiro atoms. The minimum absolute atomic E-state index is 0.192. The third-order valence-corrected chi connectivity index (χ3v) is 5.68. The number of anilines is 1. The van der Waals surface area contributed by atoms with Gasteiger partial charge in [-0.15, -0.1) is 11.8 Å². The van der Waals surface area contributed by atoms with E-state index in [4.69, 9.17) is 23.2 Å². The summed E-state index contributed by atoms with van der Waals surface area (Å²) < 4.78 is 0. The largest absolute Gasteiger partial charge is 0.324 e. The van der Waals surface area contributed by atoms with Crippen molar-refractivity contribution in [3.05, 3.63) is 63.6 Å². The van der Waals surface area contributed by atoms with Gasteiger partial charge in [-0.05, 0) is 37.3 Å². The van der Waals surface area contributed by atoms with Crippen LogP contribution in [0, 0.1) is 6.92 Å². The first-order chi connectivity index (χ1) is 12.0. The number of carbonyl (C=O) groups excluding carboxylic acids is 2. The van der Waals surface area contributed by atoms with Crippen molar-refractivity contribution >= 4 is 52.5 Å². The highest BCUT2D eigenvalue weighted by Crippen LogP contribution is 2.27. The highest BCUT2D eigenvalue weighted by atomic mass is 35.5. The van der Waals surface area contributed by atoms with Gasteiger partial charge in [0.2, 0.25) is 5.91 Å².